The summed E-state index contributed by atoms with van der Waals surface area (Å²) in [6.07, 6.45) is 1.03. The van der Waals surface area contributed by atoms with Crippen LogP contribution in [0.3, 0.4) is 0 Å². The molecule has 2 aromatic heterocycles. The number of aromatic amines is 1. The van der Waals surface area contributed by atoms with E-state index in [1.165, 1.54) is 0 Å². The van der Waals surface area contributed by atoms with E-state index in [1.54, 1.807) is 6.92 Å². The number of hydrogen-bond acceptors (Lipinski definition) is 9. The fraction of sp³-hybridized carbons (Fsp3) is 0.273. The summed E-state index contributed by atoms with van der Waals surface area (Å²) in [5.74, 6) is 0.238. The van der Waals surface area contributed by atoms with Crippen molar-refractivity contribution in [2.75, 3.05) is 0 Å². The second kappa shape index (κ2) is 12.0. The van der Waals surface area contributed by atoms with Gasteiger partial charge in [-0.15, -0.1) is 10.2 Å². The Balaban J connectivity index is 1.38. The molecule has 0 bridgehead atoms. The molecule has 218 valence electrons. The fourth-order valence-electron chi connectivity index (χ4n) is 4.85. The molecule has 1 N–H and O–H groups in total. The van der Waals surface area contributed by atoms with Gasteiger partial charge in [0.1, 0.15) is 11.3 Å². The standard InChI is InChI=1S/C33H31N5O5/c1-4-27(39)42-33(19(2)3)43-32(40)28-25-11-7-8-12-26(25)34-29(21-13-14-21)30(28)41-22-17-15-20(16-18-22)23-9-5-6-10-24(23)31-35-37-38-36-31/h5-12,15-19,21,33H,4,13-14H2,1-3H3,(H,35,36,37,38). The summed E-state index contributed by atoms with van der Waals surface area (Å²) in [5.41, 5.74) is 4.36. The van der Waals surface area contributed by atoms with E-state index in [4.69, 9.17) is 19.2 Å². The average Bonchev–Trinajstić information content (AvgIpc) is 3.73. The van der Waals surface area contributed by atoms with Gasteiger partial charge in [0, 0.05) is 29.2 Å². The number of aromatic nitrogens is 5. The van der Waals surface area contributed by atoms with Gasteiger partial charge in [-0.05, 0) is 47.4 Å². The van der Waals surface area contributed by atoms with Crippen molar-refractivity contribution in [2.24, 2.45) is 5.92 Å². The predicted octanol–water partition coefficient (Wildman–Crippen LogP) is 6.84. The minimum Gasteiger partial charge on any atom is -0.455 e. The van der Waals surface area contributed by atoms with Crippen molar-refractivity contribution < 1.29 is 23.8 Å². The van der Waals surface area contributed by atoms with Gasteiger partial charge >= 0.3 is 11.9 Å². The van der Waals surface area contributed by atoms with Crippen LogP contribution in [-0.4, -0.2) is 43.8 Å². The van der Waals surface area contributed by atoms with Crippen LogP contribution in [0.4, 0.5) is 0 Å². The molecule has 1 aliphatic carbocycles. The van der Waals surface area contributed by atoms with E-state index in [1.807, 2.05) is 86.6 Å². The molecule has 2 heterocycles. The van der Waals surface area contributed by atoms with Crippen LogP contribution in [0.5, 0.6) is 11.5 Å². The number of pyridine rings is 1. The highest BCUT2D eigenvalue weighted by molar-refractivity contribution is 6.06. The van der Waals surface area contributed by atoms with Crippen LogP contribution in [0.15, 0.2) is 72.8 Å². The molecule has 0 amide bonds. The lowest BCUT2D eigenvalue weighted by Crippen LogP contribution is -2.29. The highest BCUT2D eigenvalue weighted by atomic mass is 16.7. The number of carbonyl (C=O) groups excluding carboxylic acids is 2. The van der Waals surface area contributed by atoms with Crippen LogP contribution >= 0.6 is 0 Å². The number of esters is 2. The number of para-hydroxylation sites is 1. The maximum atomic E-state index is 13.9. The summed E-state index contributed by atoms with van der Waals surface area (Å²) < 4.78 is 17.8. The van der Waals surface area contributed by atoms with Gasteiger partial charge in [-0.3, -0.25) is 4.79 Å². The van der Waals surface area contributed by atoms with E-state index in [-0.39, 0.29) is 23.8 Å². The Labute approximate surface area is 248 Å². The zero-order valence-electron chi connectivity index (χ0n) is 24.1. The van der Waals surface area contributed by atoms with Gasteiger partial charge in [0.15, 0.2) is 5.75 Å². The number of H-pyrrole nitrogens is 1. The van der Waals surface area contributed by atoms with Crippen LogP contribution in [0.2, 0.25) is 0 Å². The Morgan fingerprint density at radius 1 is 0.930 bits per heavy atom. The molecular formula is C33H31N5O5. The highest BCUT2D eigenvalue weighted by Crippen LogP contribution is 2.47. The lowest BCUT2D eigenvalue weighted by molar-refractivity contribution is -0.175. The highest BCUT2D eigenvalue weighted by Gasteiger charge is 2.35. The first-order valence-electron chi connectivity index (χ1n) is 14.4. The fourth-order valence-corrected chi connectivity index (χ4v) is 4.85. The molecule has 1 fully saturated rings. The largest absolute Gasteiger partial charge is 0.455 e. The van der Waals surface area contributed by atoms with Crippen molar-refractivity contribution in [1.82, 2.24) is 25.6 Å². The molecule has 1 unspecified atom stereocenters. The van der Waals surface area contributed by atoms with Gasteiger partial charge in [0.05, 0.1) is 11.2 Å². The van der Waals surface area contributed by atoms with Gasteiger partial charge in [0.2, 0.25) is 12.1 Å². The Hall–Kier alpha value is -5.12. The summed E-state index contributed by atoms with van der Waals surface area (Å²) in [4.78, 5) is 30.9. The van der Waals surface area contributed by atoms with Gasteiger partial charge in [-0.1, -0.05) is 75.4 Å². The van der Waals surface area contributed by atoms with E-state index in [2.05, 4.69) is 20.6 Å². The minimum absolute atomic E-state index is 0.172. The number of tetrazole rings is 1. The molecule has 3 aromatic carbocycles. The van der Waals surface area contributed by atoms with Crippen LogP contribution in [0.25, 0.3) is 33.4 Å². The molecule has 6 rings (SSSR count). The summed E-state index contributed by atoms with van der Waals surface area (Å²) >= 11 is 0. The van der Waals surface area contributed by atoms with Crippen molar-refractivity contribution in [2.45, 2.75) is 52.2 Å². The van der Waals surface area contributed by atoms with Crippen molar-refractivity contribution in [3.05, 3.63) is 84.1 Å². The number of nitrogens with zero attached hydrogens (tertiary/aromatic N) is 4. The van der Waals surface area contributed by atoms with Crippen LogP contribution < -0.4 is 4.74 Å². The van der Waals surface area contributed by atoms with Crippen molar-refractivity contribution in [1.29, 1.82) is 0 Å². The third-order valence-electron chi connectivity index (χ3n) is 7.24. The van der Waals surface area contributed by atoms with Crippen molar-refractivity contribution >= 4 is 22.8 Å². The maximum absolute atomic E-state index is 13.9. The quantitative estimate of drug-likeness (QED) is 0.140. The van der Waals surface area contributed by atoms with Crippen molar-refractivity contribution in [3.8, 4) is 34.0 Å². The normalized spacial score (nSPS) is 13.6. The molecule has 0 radical (unpaired) electrons. The molecule has 0 spiro atoms. The molecule has 10 nitrogen and oxygen atoms in total. The Morgan fingerprint density at radius 3 is 2.33 bits per heavy atom. The first-order chi connectivity index (χ1) is 20.9. The lowest BCUT2D eigenvalue weighted by atomic mass is 9.99. The monoisotopic (exact) mass is 577 g/mol. The average molecular weight is 578 g/mol. The summed E-state index contributed by atoms with van der Waals surface area (Å²) in [6, 6.07) is 22.8. The molecule has 10 heteroatoms. The zero-order valence-corrected chi connectivity index (χ0v) is 24.1. The molecule has 5 aromatic rings. The van der Waals surface area contributed by atoms with Crippen LogP contribution in [0, 0.1) is 5.92 Å². The first kappa shape index (κ1) is 28.0. The molecular weight excluding hydrogens is 546 g/mol. The molecule has 1 atom stereocenters. The third-order valence-corrected chi connectivity index (χ3v) is 7.24. The molecule has 0 saturated heterocycles. The Morgan fingerprint density at radius 2 is 1.65 bits per heavy atom. The Kier molecular flexibility index (Phi) is 7.83. The van der Waals surface area contributed by atoms with Gasteiger partial charge in [0.25, 0.3) is 0 Å². The van der Waals surface area contributed by atoms with Gasteiger partial charge in [-0.2, -0.15) is 5.21 Å². The first-order valence-corrected chi connectivity index (χ1v) is 14.4. The number of hydrogen-bond donors (Lipinski definition) is 1. The number of ether oxygens (including phenoxy) is 3. The number of rotatable bonds is 10. The second-order valence-electron chi connectivity index (χ2n) is 10.8. The zero-order chi connectivity index (χ0) is 29.9. The smallest absolute Gasteiger partial charge is 0.345 e. The summed E-state index contributed by atoms with van der Waals surface area (Å²) in [7, 11) is 0. The van der Waals surface area contributed by atoms with Gasteiger partial charge < -0.3 is 14.2 Å². The lowest BCUT2D eigenvalue weighted by Gasteiger charge is -2.23. The molecule has 1 saturated carbocycles. The minimum atomic E-state index is -1.04. The molecule has 0 aliphatic heterocycles. The van der Waals surface area contributed by atoms with E-state index < -0.39 is 18.2 Å². The second-order valence-corrected chi connectivity index (χ2v) is 10.8. The SMILES string of the molecule is CCC(=O)OC(OC(=O)c1c(Oc2ccc(-c3ccccc3-c3nn[nH]n3)cc2)c(C2CC2)nc2ccccc12)C(C)C. The van der Waals surface area contributed by atoms with Crippen LogP contribution in [-0.2, 0) is 14.3 Å². The van der Waals surface area contributed by atoms with E-state index in [0.717, 1.165) is 29.5 Å². The van der Waals surface area contributed by atoms with E-state index in [9.17, 15) is 9.59 Å². The van der Waals surface area contributed by atoms with Gasteiger partial charge in [-0.25, -0.2) is 9.78 Å². The number of benzene rings is 3. The molecule has 1 aliphatic rings. The topological polar surface area (TPSA) is 129 Å². The Bertz CT molecular complexity index is 1770. The maximum Gasteiger partial charge on any atom is 0.345 e. The number of nitrogens with one attached hydrogen (secondary N) is 1. The summed E-state index contributed by atoms with van der Waals surface area (Å²) in [6.45, 7) is 5.36. The van der Waals surface area contributed by atoms with Crippen LogP contribution in [0.1, 0.15) is 62.0 Å². The van der Waals surface area contributed by atoms with Crippen molar-refractivity contribution in [3.63, 3.8) is 0 Å². The third kappa shape index (κ3) is 5.94. The van der Waals surface area contributed by atoms with E-state index >= 15 is 0 Å². The van der Waals surface area contributed by atoms with E-state index in [0.29, 0.717) is 33.9 Å². The summed E-state index contributed by atoms with van der Waals surface area (Å²) in [5, 5.41) is 15.0. The number of fused-ring (bicyclic) bond motifs is 1. The predicted molar refractivity (Wildman–Crippen MR) is 159 cm³/mol. The molecule has 43 heavy (non-hydrogen) atoms. The number of carbonyl (C=O) groups is 2.